The Labute approximate surface area is 171 Å². The van der Waals surface area contributed by atoms with Crippen molar-refractivity contribution in [2.24, 2.45) is 16.3 Å². The molecule has 6 heteroatoms. The normalized spacial score (nSPS) is 17.3. The first-order valence-electron chi connectivity index (χ1n) is 8.47. The summed E-state index contributed by atoms with van der Waals surface area (Å²) in [7, 11) is 0. The zero-order valence-electron chi connectivity index (χ0n) is 14.9. The topological polar surface area (TPSA) is 56.4 Å². The van der Waals surface area contributed by atoms with Crippen molar-refractivity contribution in [2.75, 3.05) is 0 Å². The van der Waals surface area contributed by atoms with Gasteiger partial charge >= 0.3 is 0 Å². The van der Waals surface area contributed by atoms with Crippen molar-refractivity contribution < 1.29 is 5.11 Å². The van der Waals surface area contributed by atoms with Crippen LogP contribution in [0.15, 0.2) is 21.6 Å². The summed E-state index contributed by atoms with van der Waals surface area (Å²) >= 11 is 10.9. The molecule has 0 unspecified atom stereocenters. The van der Waals surface area contributed by atoms with Gasteiger partial charge in [-0.15, -0.1) is 11.3 Å². The van der Waals surface area contributed by atoms with E-state index in [-0.39, 0.29) is 11.2 Å². The van der Waals surface area contributed by atoms with E-state index in [0.29, 0.717) is 31.5 Å². The molecule has 1 aliphatic rings. The third-order valence-corrected chi connectivity index (χ3v) is 6.95. The number of aromatic hydroxyl groups is 1. The first kappa shape index (κ1) is 19.4. The molecular weight excluding hydrogens is 432 g/mol. The Hall–Kier alpha value is -1.35. The van der Waals surface area contributed by atoms with Gasteiger partial charge < -0.3 is 5.11 Å². The third kappa shape index (κ3) is 3.83. The van der Waals surface area contributed by atoms with Gasteiger partial charge in [0.2, 0.25) is 0 Å². The van der Waals surface area contributed by atoms with Gasteiger partial charge in [-0.3, -0.25) is 0 Å². The maximum atomic E-state index is 10.2. The Kier molecular flexibility index (Phi) is 5.48. The number of fused-ring (bicyclic) bond motifs is 1. The van der Waals surface area contributed by atoms with Crippen molar-refractivity contribution in [1.82, 2.24) is 0 Å². The lowest BCUT2D eigenvalue weighted by Gasteiger charge is -2.33. The molecule has 1 aliphatic carbocycles. The average Bonchev–Trinajstić information content (AvgIpc) is 2.92. The van der Waals surface area contributed by atoms with Crippen LogP contribution in [0.4, 0.5) is 5.00 Å². The van der Waals surface area contributed by atoms with Gasteiger partial charge in [0.25, 0.3) is 0 Å². The molecule has 1 aromatic carbocycles. The van der Waals surface area contributed by atoms with Crippen LogP contribution in [0.2, 0.25) is 5.02 Å². The molecule has 1 aromatic heterocycles. The highest BCUT2D eigenvalue weighted by Gasteiger charge is 2.32. The van der Waals surface area contributed by atoms with E-state index >= 15 is 0 Å². The largest absolute Gasteiger partial charge is 0.506 e. The van der Waals surface area contributed by atoms with Crippen molar-refractivity contribution in [3.8, 4) is 11.8 Å². The minimum absolute atomic E-state index is 0.0887. The SMILES string of the molecule is CC(C)(C)[C@H]1CCc2c(sc(N=Cc3cc(Cl)cc(Br)c3O)c2C#N)C1. The predicted molar refractivity (Wildman–Crippen MR) is 112 cm³/mol. The number of hydrogen-bond donors (Lipinski definition) is 1. The molecule has 1 heterocycles. The van der Waals surface area contributed by atoms with Crippen molar-refractivity contribution in [1.29, 1.82) is 5.26 Å². The highest BCUT2D eigenvalue weighted by atomic mass is 79.9. The van der Waals surface area contributed by atoms with Crippen LogP contribution in [0.1, 0.15) is 48.8 Å². The van der Waals surface area contributed by atoms with Gasteiger partial charge in [-0.25, -0.2) is 4.99 Å². The summed E-state index contributed by atoms with van der Waals surface area (Å²) in [5, 5.41) is 21.0. The highest BCUT2D eigenvalue weighted by Crippen LogP contribution is 2.45. The first-order chi connectivity index (χ1) is 12.2. The van der Waals surface area contributed by atoms with Gasteiger partial charge in [-0.1, -0.05) is 32.4 Å². The van der Waals surface area contributed by atoms with Crippen LogP contribution in [0.25, 0.3) is 0 Å². The standard InChI is InChI=1S/C20H20BrClN2OS/c1-20(2,3)12-4-5-14-15(9-23)19(26-17(14)7-12)24-10-11-6-13(22)8-16(21)18(11)25/h6,8,10,12,25H,4-5,7H2,1-3H3/t12-/m0/s1. The fourth-order valence-corrected chi connectivity index (χ4v) is 5.38. The third-order valence-electron chi connectivity index (χ3n) is 4.96. The number of phenols is 1. The van der Waals surface area contributed by atoms with Crippen molar-refractivity contribution in [3.63, 3.8) is 0 Å². The average molecular weight is 452 g/mol. The second-order valence-electron chi connectivity index (χ2n) is 7.69. The van der Waals surface area contributed by atoms with Crippen LogP contribution >= 0.6 is 38.9 Å². The van der Waals surface area contributed by atoms with Gasteiger partial charge in [-0.2, -0.15) is 5.26 Å². The number of nitriles is 1. The van der Waals surface area contributed by atoms with Gasteiger partial charge in [-0.05, 0) is 64.2 Å². The van der Waals surface area contributed by atoms with Crippen molar-refractivity contribution in [2.45, 2.75) is 40.0 Å². The summed E-state index contributed by atoms with van der Waals surface area (Å²) in [6, 6.07) is 5.61. The Balaban J connectivity index is 1.96. The number of phenolic OH excluding ortho intramolecular Hbond substituents is 1. The predicted octanol–water partition coefficient (Wildman–Crippen LogP) is 6.64. The van der Waals surface area contributed by atoms with Crippen LogP contribution in [0.5, 0.6) is 5.75 Å². The lowest BCUT2D eigenvalue weighted by atomic mass is 9.72. The number of nitrogens with zero attached hydrogens (tertiary/aromatic N) is 2. The van der Waals surface area contributed by atoms with Gasteiger partial charge in [0.15, 0.2) is 0 Å². The smallest absolute Gasteiger partial charge is 0.138 e. The van der Waals surface area contributed by atoms with Crippen LogP contribution in [0.3, 0.4) is 0 Å². The van der Waals surface area contributed by atoms with E-state index in [1.807, 2.05) is 0 Å². The summed E-state index contributed by atoms with van der Waals surface area (Å²) in [5.74, 6) is 0.704. The van der Waals surface area contributed by atoms with Gasteiger partial charge in [0, 0.05) is 21.7 Å². The fraction of sp³-hybridized carbons (Fsp3) is 0.400. The maximum absolute atomic E-state index is 10.2. The second-order valence-corrected chi connectivity index (χ2v) is 10.1. The molecule has 1 N–H and O–H groups in total. The number of halogens is 2. The number of aliphatic imine (C=N–C) groups is 1. The van der Waals surface area contributed by atoms with E-state index in [2.05, 4.69) is 47.8 Å². The number of hydrogen-bond acceptors (Lipinski definition) is 4. The minimum atomic E-state index is 0.0887. The maximum Gasteiger partial charge on any atom is 0.138 e. The van der Waals surface area contributed by atoms with E-state index < -0.39 is 0 Å². The summed E-state index contributed by atoms with van der Waals surface area (Å²) in [5.41, 5.74) is 2.61. The molecule has 0 saturated heterocycles. The lowest BCUT2D eigenvalue weighted by molar-refractivity contribution is 0.218. The van der Waals surface area contributed by atoms with Crippen molar-refractivity contribution >= 4 is 50.1 Å². The first-order valence-corrected chi connectivity index (χ1v) is 10.5. The van der Waals surface area contributed by atoms with Crippen LogP contribution in [-0.4, -0.2) is 11.3 Å². The molecule has 0 saturated carbocycles. The Morgan fingerprint density at radius 3 is 2.81 bits per heavy atom. The number of thiophene rings is 1. The van der Waals surface area contributed by atoms with E-state index in [1.165, 1.54) is 4.88 Å². The molecule has 3 nitrogen and oxygen atoms in total. The van der Waals surface area contributed by atoms with E-state index in [4.69, 9.17) is 11.6 Å². The molecule has 136 valence electrons. The Morgan fingerprint density at radius 2 is 2.15 bits per heavy atom. The molecule has 2 aromatic rings. The Bertz CT molecular complexity index is 921. The zero-order chi connectivity index (χ0) is 19.1. The molecule has 0 fully saturated rings. The summed E-state index contributed by atoms with van der Waals surface area (Å²) < 4.78 is 0.519. The summed E-state index contributed by atoms with van der Waals surface area (Å²) in [6.07, 6.45) is 4.61. The van der Waals surface area contributed by atoms with Gasteiger partial charge in [0.1, 0.15) is 16.8 Å². The van der Waals surface area contributed by atoms with Crippen LogP contribution < -0.4 is 0 Å². The molecule has 0 amide bonds. The summed E-state index contributed by atoms with van der Waals surface area (Å²) in [4.78, 5) is 5.79. The molecule has 26 heavy (non-hydrogen) atoms. The molecule has 3 rings (SSSR count). The molecule has 0 spiro atoms. The van der Waals surface area contributed by atoms with Crippen molar-refractivity contribution in [3.05, 3.63) is 43.2 Å². The molecular formula is C20H20BrClN2OS. The second kappa shape index (κ2) is 7.34. The van der Waals surface area contributed by atoms with E-state index in [9.17, 15) is 10.4 Å². The molecule has 1 atom stereocenters. The van der Waals surface area contributed by atoms with Gasteiger partial charge in [0.05, 0.1) is 10.0 Å². The highest BCUT2D eigenvalue weighted by molar-refractivity contribution is 9.10. The van der Waals surface area contributed by atoms with E-state index in [0.717, 1.165) is 24.8 Å². The fourth-order valence-electron chi connectivity index (χ4n) is 3.33. The van der Waals surface area contributed by atoms with Crippen LogP contribution in [-0.2, 0) is 12.8 Å². The lowest BCUT2D eigenvalue weighted by Crippen LogP contribution is -2.26. The molecule has 0 bridgehead atoms. The molecule has 0 aliphatic heterocycles. The van der Waals surface area contributed by atoms with E-state index in [1.54, 1.807) is 29.7 Å². The van der Waals surface area contributed by atoms with Crippen LogP contribution in [0, 0.1) is 22.7 Å². The number of benzene rings is 1. The Morgan fingerprint density at radius 1 is 1.42 bits per heavy atom. The monoisotopic (exact) mass is 450 g/mol. The number of rotatable bonds is 2. The minimum Gasteiger partial charge on any atom is -0.506 e. The molecule has 0 radical (unpaired) electrons. The quantitative estimate of drug-likeness (QED) is 0.520. The summed E-state index contributed by atoms with van der Waals surface area (Å²) in [6.45, 7) is 6.83. The zero-order valence-corrected chi connectivity index (χ0v) is 18.1.